The molecule has 140 valence electrons. The molecule has 0 radical (unpaired) electrons. The zero-order valence-electron chi connectivity index (χ0n) is 16.2. The van der Waals surface area contributed by atoms with Gasteiger partial charge >= 0.3 is 0 Å². The monoisotopic (exact) mass is 364 g/mol. The SMILES string of the molecule is COc1cc(OC)c2c(C)cc(N3CCN(c4ccccc4)CC3)[nH+]c2c1. The minimum Gasteiger partial charge on any atom is -0.496 e. The van der Waals surface area contributed by atoms with E-state index >= 15 is 0 Å². The molecule has 1 N–H and O–H groups in total. The van der Waals surface area contributed by atoms with Gasteiger partial charge in [-0.1, -0.05) is 18.2 Å². The number of H-pyrrole nitrogens is 1. The fraction of sp³-hybridized carbons (Fsp3) is 0.318. The van der Waals surface area contributed by atoms with Crippen molar-refractivity contribution in [1.82, 2.24) is 0 Å². The molecular weight excluding hydrogens is 338 g/mol. The predicted octanol–water partition coefficient (Wildman–Crippen LogP) is 3.31. The van der Waals surface area contributed by atoms with E-state index in [1.807, 2.05) is 12.1 Å². The summed E-state index contributed by atoms with van der Waals surface area (Å²) in [4.78, 5) is 8.44. The normalized spacial score (nSPS) is 14.5. The van der Waals surface area contributed by atoms with Crippen LogP contribution in [0.1, 0.15) is 5.56 Å². The second kappa shape index (κ2) is 7.35. The van der Waals surface area contributed by atoms with Crippen molar-refractivity contribution in [3.63, 3.8) is 0 Å². The van der Waals surface area contributed by atoms with Gasteiger partial charge in [-0.3, -0.25) is 4.90 Å². The van der Waals surface area contributed by atoms with Crippen LogP contribution < -0.4 is 24.3 Å². The highest BCUT2D eigenvalue weighted by molar-refractivity contribution is 5.88. The summed E-state index contributed by atoms with van der Waals surface area (Å²) in [5.41, 5.74) is 3.53. The van der Waals surface area contributed by atoms with Crippen LogP contribution in [0, 0.1) is 6.92 Å². The van der Waals surface area contributed by atoms with E-state index in [1.165, 1.54) is 11.3 Å². The molecule has 0 saturated carbocycles. The molecule has 1 aromatic heterocycles. The molecule has 0 atom stereocenters. The molecule has 1 fully saturated rings. The highest BCUT2D eigenvalue weighted by Gasteiger charge is 2.25. The number of hydrogen-bond acceptors (Lipinski definition) is 4. The average molecular weight is 364 g/mol. The van der Waals surface area contributed by atoms with Crippen LogP contribution in [-0.2, 0) is 0 Å². The molecular formula is C22H26N3O2+. The van der Waals surface area contributed by atoms with Gasteiger partial charge < -0.3 is 14.4 Å². The maximum absolute atomic E-state index is 5.58. The van der Waals surface area contributed by atoms with Crippen LogP contribution in [-0.4, -0.2) is 40.4 Å². The number of aromatic nitrogens is 1. The molecule has 0 amide bonds. The third kappa shape index (κ3) is 3.37. The molecule has 1 aliphatic rings. The van der Waals surface area contributed by atoms with Gasteiger partial charge in [0.1, 0.15) is 30.1 Å². The van der Waals surface area contributed by atoms with Crippen molar-refractivity contribution in [1.29, 1.82) is 0 Å². The van der Waals surface area contributed by atoms with Gasteiger partial charge in [0.25, 0.3) is 5.82 Å². The third-order valence-corrected chi connectivity index (χ3v) is 5.28. The van der Waals surface area contributed by atoms with Gasteiger partial charge in [-0.25, -0.2) is 4.98 Å². The highest BCUT2D eigenvalue weighted by atomic mass is 16.5. The summed E-state index contributed by atoms with van der Waals surface area (Å²) in [7, 11) is 3.38. The fourth-order valence-corrected chi connectivity index (χ4v) is 3.84. The number of aromatic amines is 1. The van der Waals surface area contributed by atoms with E-state index in [0.29, 0.717) is 0 Å². The minimum absolute atomic E-state index is 0.793. The van der Waals surface area contributed by atoms with E-state index in [-0.39, 0.29) is 0 Å². The van der Waals surface area contributed by atoms with Crippen LogP contribution in [0.15, 0.2) is 48.5 Å². The number of nitrogens with one attached hydrogen (secondary N) is 1. The molecule has 27 heavy (non-hydrogen) atoms. The van der Waals surface area contributed by atoms with Gasteiger partial charge in [-0.15, -0.1) is 0 Å². The number of methoxy groups -OCH3 is 2. The maximum Gasteiger partial charge on any atom is 0.275 e. The molecule has 1 saturated heterocycles. The van der Waals surface area contributed by atoms with Crippen molar-refractivity contribution >= 4 is 22.4 Å². The van der Waals surface area contributed by atoms with Crippen LogP contribution >= 0.6 is 0 Å². The van der Waals surface area contributed by atoms with Crippen LogP contribution in [0.3, 0.4) is 0 Å². The number of piperazine rings is 1. The van der Waals surface area contributed by atoms with Gasteiger partial charge in [0.2, 0.25) is 0 Å². The number of rotatable bonds is 4. The topological polar surface area (TPSA) is 39.1 Å². The molecule has 0 unspecified atom stereocenters. The molecule has 3 aromatic rings. The zero-order chi connectivity index (χ0) is 18.8. The third-order valence-electron chi connectivity index (χ3n) is 5.28. The Morgan fingerprint density at radius 2 is 1.56 bits per heavy atom. The van der Waals surface area contributed by atoms with Crippen molar-refractivity contribution in [3.8, 4) is 11.5 Å². The number of aryl methyl sites for hydroxylation is 1. The first kappa shape index (κ1) is 17.5. The van der Waals surface area contributed by atoms with E-state index in [1.54, 1.807) is 14.2 Å². The smallest absolute Gasteiger partial charge is 0.275 e. The van der Waals surface area contributed by atoms with Gasteiger partial charge in [-0.05, 0) is 24.6 Å². The zero-order valence-corrected chi connectivity index (χ0v) is 16.2. The largest absolute Gasteiger partial charge is 0.496 e. The van der Waals surface area contributed by atoms with Crippen molar-refractivity contribution in [2.75, 3.05) is 50.2 Å². The Bertz CT molecular complexity index is 935. The van der Waals surface area contributed by atoms with E-state index in [2.05, 4.69) is 58.1 Å². The second-order valence-electron chi connectivity index (χ2n) is 6.90. The Morgan fingerprint density at radius 1 is 0.852 bits per heavy atom. The Labute approximate surface area is 160 Å². The van der Waals surface area contributed by atoms with Gasteiger partial charge in [0.05, 0.1) is 32.7 Å². The van der Waals surface area contributed by atoms with Crippen molar-refractivity contribution in [2.45, 2.75) is 6.92 Å². The Kier molecular flexibility index (Phi) is 4.75. The first-order valence-electron chi connectivity index (χ1n) is 9.33. The lowest BCUT2D eigenvalue weighted by atomic mass is 10.1. The lowest BCUT2D eigenvalue weighted by Gasteiger charge is -2.32. The molecule has 4 rings (SSSR count). The summed E-state index contributed by atoms with van der Waals surface area (Å²) in [6.45, 7) is 6.12. The van der Waals surface area contributed by atoms with Gasteiger partial charge in [-0.2, -0.15) is 0 Å². The van der Waals surface area contributed by atoms with E-state index < -0.39 is 0 Å². The Balaban J connectivity index is 1.61. The number of para-hydroxylation sites is 1. The minimum atomic E-state index is 0.793. The quantitative estimate of drug-likeness (QED) is 0.712. The number of nitrogens with zero attached hydrogens (tertiary/aromatic N) is 2. The first-order valence-corrected chi connectivity index (χ1v) is 9.33. The van der Waals surface area contributed by atoms with Crippen molar-refractivity contribution in [3.05, 3.63) is 54.1 Å². The second-order valence-corrected chi connectivity index (χ2v) is 6.90. The summed E-state index contributed by atoms with van der Waals surface area (Å²) in [5.74, 6) is 2.77. The first-order chi connectivity index (χ1) is 13.2. The maximum atomic E-state index is 5.58. The summed E-state index contributed by atoms with van der Waals surface area (Å²) in [5, 5.41) is 1.10. The molecule has 5 nitrogen and oxygen atoms in total. The van der Waals surface area contributed by atoms with Crippen LogP contribution in [0.2, 0.25) is 0 Å². The Morgan fingerprint density at radius 3 is 2.22 bits per heavy atom. The van der Waals surface area contributed by atoms with Gasteiger partial charge in [0.15, 0.2) is 0 Å². The number of pyridine rings is 1. The molecule has 0 bridgehead atoms. The Hall–Kier alpha value is -2.95. The van der Waals surface area contributed by atoms with Crippen molar-refractivity contribution in [2.24, 2.45) is 0 Å². The van der Waals surface area contributed by atoms with E-state index in [4.69, 9.17) is 9.47 Å². The van der Waals surface area contributed by atoms with Crippen LogP contribution in [0.5, 0.6) is 11.5 Å². The molecule has 0 aliphatic carbocycles. The molecule has 1 aliphatic heterocycles. The lowest BCUT2D eigenvalue weighted by molar-refractivity contribution is -0.330. The highest BCUT2D eigenvalue weighted by Crippen LogP contribution is 2.32. The fourth-order valence-electron chi connectivity index (χ4n) is 3.84. The number of hydrogen-bond donors (Lipinski definition) is 0. The standard InChI is InChI=1S/C22H25N3O2/c1-16-13-21(23-19-14-18(26-2)15-20(27-3)22(16)19)25-11-9-24(10-12-25)17-7-5-4-6-8-17/h4-8,13-15H,9-12H2,1-3H3/p+1. The van der Waals surface area contributed by atoms with E-state index in [9.17, 15) is 0 Å². The van der Waals surface area contributed by atoms with Gasteiger partial charge in [0, 0.05) is 23.9 Å². The predicted molar refractivity (Wildman–Crippen MR) is 109 cm³/mol. The number of anilines is 2. The summed E-state index contributed by atoms with van der Waals surface area (Å²) in [6, 6.07) is 16.8. The molecule has 2 heterocycles. The average Bonchev–Trinajstić information content (AvgIpc) is 2.73. The number of ether oxygens (including phenoxy) is 2. The van der Waals surface area contributed by atoms with E-state index in [0.717, 1.165) is 54.4 Å². The number of benzene rings is 2. The lowest BCUT2D eigenvalue weighted by Crippen LogP contribution is -2.48. The summed E-state index contributed by atoms with van der Waals surface area (Å²) >= 11 is 0. The molecule has 2 aromatic carbocycles. The summed E-state index contributed by atoms with van der Waals surface area (Å²) < 4.78 is 11.0. The van der Waals surface area contributed by atoms with Crippen LogP contribution in [0.25, 0.3) is 10.9 Å². The summed E-state index contributed by atoms with van der Waals surface area (Å²) in [6.07, 6.45) is 0. The molecule has 5 heteroatoms. The number of fused-ring (bicyclic) bond motifs is 1. The van der Waals surface area contributed by atoms with Crippen LogP contribution in [0.4, 0.5) is 11.5 Å². The van der Waals surface area contributed by atoms with Crippen molar-refractivity contribution < 1.29 is 14.5 Å². The molecule has 0 spiro atoms.